The van der Waals surface area contributed by atoms with Gasteiger partial charge in [0.15, 0.2) is 0 Å². The smallest absolute Gasteiger partial charge is 0.408 e. The summed E-state index contributed by atoms with van der Waals surface area (Å²) in [6.07, 6.45) is -0.996. The Kier molecular flexibility index (Phi) is 10.9. The third kappa shape index (κ3) is 10.0. The summed E-state index contributed by atoms with van der Waals surface area (Å²) in [5, 5.41) is 5.60. The van der Waals surface area contributed by atoms with Crippen molar-refractivity contribution in [3.05, 3.63) is 70.8 Å². The molecule has 0 bridgehead atoms. The lowest BCUT2D eigenvalue weighted by Gasteiger charge is -2.43. The van der Waals surface area contributed by atoms with Crippen molar-refractivity contribution >= 4 is 23.8 Å². The van der Waals surface area contributed by atoms with E-state index in [-0.39, 0.29) is 25.3 Å². The second kappa shape index (κ2) is 13.5. The van der Waals surface area contributed by atoms with E-state index in [2.05, 4.69) is 10.6 Å². The number of benzene rings is 2. The molecule has 4 amide bonds. The molecule has 4 N–H and O–H groups in total. The molecule has 0 spiro atoms. The molecule has 0 fully saturated rings. The highest BCUT2D eigenvalue weighted by Gasteiger charge is 2.42. The van der Waals surface area contributed by atoms with Gasteiger partial charge in [0, 0.05) is 18.5 Å². The molecule has 0 saturated heterocycles. The number of carbonyl (C=O) groups excluding carboxylic acids is 4. The Bertz CT molecular complexity index is 1180. The van der Waals surface area contributed by atoms with Gasteiger partial charge in [-0.15, -0.1) is 0 Å². The highest BCUT2D eigenvalue weighted by molar-refractivity contribution is 5.93. The van der Waals surface area contributed by atoms with Gasteiger partial charge in [-0.05, 0) is 72.9 Å². The van der Waals surface area contributed by atoms with Crippen LogP contribution in [0.5, 0.6) is 0 Å². The summed E-state index contributed by atoms with van der Waals surface area (Å²) in [5.74, 6) is -1.51. The number of hydrogen-bond acceptors (Lipinski definition) is 5. The number of nitrogens with zero attached hydrogens (tertiary/aromatic N) is 1. The fourth-order valence-corrected chi connectivity index (χ4v) is 4.47. The molecule has 2 aromatic carbocycles. The van der Waals surface area contributed by atoms with Crippen LogP contribution in [0.25, 0.3) is 0 Å². The van der Waals surface area contributed by atoms with Gasteiger partial charge in [-0.25, -0.2) is 4.79 Å². The summed E-state index contributed by atoms with van der Waals surface area (Å²) < 4.78 is 5.39. The van der Waals surface area contributed by atoms with Crippen LogP contribution >= 0.6 is 0 Å². The molecule has 0 aliphatic heterocycles. The average Bonchev–Trinajstić information content (AvgIpc) is 2.81. The minimum Gasteiger partial charge on any atom is -0.444 e. The first-order chi connectivity index (χ1) is 18.5. The molecule has 0 aliphatic rings. The summed E-state index contributed by atoms with van der Waals surface area (Å²) in [5.41, 5.74) is 7.16. The van der Waals surface area contributed by atoms with Crippen molar-refractivity contribution in [2.75, 3.05) is 0 Å². The summed E-state index contributed by atoms with van der Waals surface area (Å²) in [6, 6.07) is 13.1. The van der Waals surface area contributed by atoms with Crippen molar-refractivity contribution in [3.8, 4) is 0 Å². The van der Waals surface area contributed by atoms with Crippen LogP contribution in [0, 0.1) is 13.8 Å². The standard InChI is InChI=1S/C31H44N4O5/c1-20-16-21(2)18-23(17-20)26(27(37)33-19-22-12-10-9-11-13-22)35(30(3,4)5)28(38)24(14-15-25(32)36)34-29(39)40-31(6,7)8/h9-13,16-18,24,26H,14-15,19H2,1-8H3,(H2,32,36)(H,33,37)(H,34,39). The monoisotopic (exact) mass is 552 g/mol. The van der Waals surface area contributed by atoms with Crippen molar-refractivity contribution in [2.24, 2.45) is 5.73 Å². The van der Waals surface area contributed by atoms with Crippen LogP contribution in [0.15, 0.2) is 48.5 Å². The lowest BCUT2D eigenvalue weighted by molar-refractivity contribution is -0.148. The number of aryl methyl sites for hydroxylation is 2. The molecule has 0 saturated carbocycles. The molecule has 40 heavy (non-hydrogen) atoms. The first-order valence-corrected chi connectivity index (χ1v) is 13.5. The molecule has 2 rings (SSSR count). The van der Waals surface area contributed by atoms with Gasteiger partial charge in [0.05, 0.1) is 0 Å². The van der Waals surface area contributed by atoms with Gasteiger partial charge in [-0.1, -0.05) is 59.7 Å². The molecule has 0 aliphatic carbocycles. The molecular weight excluding hydrogens is 508 g/mol. The number of ether oxygens (including phenoxy) is 1. The summed E-state index contributed by atoms with van der Waals surface area (Å²) in [4.78, 5) is 54.1. The zero-order valence-corrected chi connectivity index (χ0v) is 25.0. The van der Waals surface area contributed by atoms with Gasteiger partial charge in [-0.3, -0.25) is 14.4 Å². The van der Waals surface area contributed by atoms with Crippen molar-refractivity contribution in [2.45, 2.75) is 98.0 Å². The first-order valence-electron chi connectivity index (χ1n) is 13.5. The Morgan fingerprint density at radius 2 is 1.50 bits per heavy atom. The molecule has 0 heterocycles. The van der Waals surface area contributed by atoms with E-state index in [1.54, 1.807) is 20.8 Å². The molecular formula is C31H44N4O5. The van der Waals surface area contributed by atoms with Crippen LogP contribution in [0.3, 0.4) is 0 Å². The largest absolute Gasteiger partial charge is 0.444 e. The number of alkyl carbamates (subject to hydrolysis) is 1. The summed E-state index contributed by atoms with van der Waals surface area (Å²) in [7, 11) is 0. The predicted octanol–water partition coefficient (Wildman–Crippen LogP) is 4.45. The number of hydrogen-bond donors (Lipinski definition) is 3. The Morgan fingerprint density at radius 3 is 2.00 bits per heavy atom. The van der Waals surface area contributed by atoms with E-state index >= 15 is 0 Å². The first kappa shape index (κ1) is 32.3. The maximum Gasteiger partial charge on any atom is 0.408 e. The van der Waals surface area contributed by atoms with Gasteiger partial charge < -0.3 is 26.0 Å². The second-order valence-electron chi connectivity index (χ2n) is 12.1. The van der Waals surface area contributed by atoms with Crippen molar-refractivity contribution in [1.29, 1.82) is 0 Å². The number of carbonyl (C=O) groups is 4. The number of amides is 4. The number of nitrogens with one attached hydrogen (secondary N) is 2. The fourth-order valence-electron chi connectivity index (χ4n) is 4.47. The van der Waals surface area contributed by atoms with Crippen LogP contribution < -0.4 is 16.4 Å². The molecule has 2 aromatic rings. The number of primary amides is 1. The Morgan fingerprint density at radius 1 is 0.925 bits per heavy atom. The molecule has 218 valence electrons. The Balaban J connectivity index is 2.57. The van der Waals surface area contributed by atoms with Crippen LogP contribution in [-0.2, 0) is 25.7 Å². The highest BCUT2D eigenvalue weighted by atomic mass is 16.6. The summed E-state index contributed by atoms with van der Waals surface area (Å²) in [6.45, 7) is 14.7. The van der Waals surface area contributed by atoms with Gasteiger partial charge in [0.25, 0.3) is 0 Å². The third-order valence-corrected chi connectivity index (χ3v) is 6.00. The Labute approximate surface area is 237 Å². The third-order valence-electron chi connectivity index (χ3n) is 6.00. The van der Waals surface area contributed by atoms with Crippen molar-refractivity contribution in [3.63, 3.8) is 0 Å². The number of nitrogens with two attached hydrogens (primary N) is 1. The lowest BCUT2D eigenvalue weighted by atomic mass is 9.93. The molecule has 0 aromatic heterocycles. The zero-order valence-electron chi connectivity index (χ0n) is 25.0. The molecule has 9 heteroatoms. The average molecular weight is 553 g/mol. The van der Waals surface area contributed by atoms with Gasteiger partial charge in [0.2, 0.25) is 17.7 Å². The molecule has 0 radical (unpaired) electrons. The van der Waals surface area contributed by atoms with E-state index in [1.807, 2.05) is 83.1 Å². The molecule has 9 nitrogen and oxygen atoms in total. The molecule has 2 unspecified atom stereocenters. The van der Waals surface area contributed by atoms with Crippen molar-refractivity contribution in [1.82, 2.24) is 15.5 Å². The van der Waals surface area contributed by atoms with E-state index < -0.39 is 41.1 Å². The van der Waals surface area contributed by atoms with Crippen LogP contribution in [0.4, 0.5) is 4.79 Å². The normalized spacial score (nSPS) is 13.1. The van der Waals surface area contributed by atoms with E-state index in [4.69, 9.17) is 10.5 Å². The van der Waals surface area contributed by atoms with Gasteiger partial charge >= 0.3 is 6.09 Å². The minimum atomic E-state index is -1.16. The highest BCUT2D eigenvalue weighted by Crippen LogP contribution is 2.32. The maximum absolute atomic E-state index is 14.3. The quantitative estimate of drug-likeness (QED) is 0.401. The van der Waals surface area contributed by atoms with Crippen LogP contribution in [0.2, 0.25) is 0 Å². The minimum absolute atomic E-state index is 0.0504. The Hall–Kier alpha value is -3.88. The van der Waals surface area contributed by atoms with Crippen molar-refractivity contribution < 1.29 is 23.9 Å². The van der Waals surface area contributed by atoms with E-state index in [9.17, 15) is 19.2 Å². The van der Waals surface area contributed by atoms with Crippen LogP contribution in [0.1, 0.15) is 82.7 Å². The van der Waals surface area contributed by atoms with Crippen LogP contribution in [-0.4, -0.2) is 45.9 Å². The van der Waals surface area contributed by atoms with Gasteiger partial charge in [-0.2, -0.15) is 0 Å². The molecule has 2 atom stereocenters. The van der Waals surface area contributed by atoms with E-state index in [0.29, 0.717) is 5.56 Å². The maximum atomic E-state index is 14.3. The lowest BCUT2D eigenvalue weighted by Crippen LogP contribution is -2.58. The zero-order chi connectivity index (χ0) is 30.3. The second-order valence-corrected chi connectivity index (χ2v) is 12.1. The summed E-state index contributed by atoms with van der Waals surface area (Å²) >= 11 is 0. The van der Waals surface area contributed by atoms with Gasteiger partial charge in [0.1, 0.15) is 17.7 Å². The van der Waals surface area contributed by atoms with E-state index in [1.165, 1.54) is 4.90 Å². The predicted molar refractivity (Wildman–Crippen MR) is 155 cm³/mol. The topological polar surface area (TPSA) is 131 Å². The fraction of sp³-hybridized carbons (Fsp3) is 0.484. The van der Waals surface area contributed by atoms with E-state index in [0.717, 1.165) is 16.7 Å². The SMILES string of the molecule is Cc1cc(C)cc(C(C(=O)NCc2ccccc2)N(C(=O)C(CCC(N)=O)NC(=O)OC(C)(C)C)C(C)(C)C)c1. The number of rotatable bonds is 10.